The molecule has 1 aromatic carbocycles. The van der Waals surface area contributed by atoms with E-state index in [9.17, 15) is 19.5 Å². The second-order valence-electron chi connectivity index (χ2n) is 6.03. The van der Waals surface area contributed by atoms with E-state index in [1.54, 1.807) is 0 Å². The Morgan fingerprint density at radius 2 is 1.63 bits per heavy atom. The Hall–Kier alpha value is -1.27. The molecule has 0 fully saturated rings. The van der Waals surface area contributed by atoms with Crippen molar-refractivity contribution in [3.8, 4) is 5.75 Å². The quantitative estimate of drug-likeness (QED) is 0.0939. The van der Waals surface area contributed by atoms with E-state index in [4.69, 9.17) is 53.1 Å². The van der Waals surface area contributed by atoms with Crippen LogP contribution >= 0.6 is 37.7 Å². The predicted molar refractivity (Wildman–Crippen MR) is 136 cm³/mol. The van der Waals surface area contributed by atoms with Crippen molar-refractivity contribution in [3.63, 3.8) is 0 Å². The highest BCUT2D eigenvalue weighted by Crippen LogP contribution is 2.50. The third-order valence-electron chi connectivity index (χ3n) is 4.02. The lowest BCUT2D eigenvalue weighted by atomic mass is 10.3. The molecule has 0 saturated carbocycles. The van der Waals surface area contributed by atoms with Gasteiger partial charge in [-0.25, -0.2) is 4.57 Å². The smallest absolute Gasteiger partial charge is 0.424 e. The summed E-state index contributed by atoms with van der Waals surface area (Å²) in [6.45, 7) is 3.27. The van der Waals surface area contributed by atoms with Gasteiger partial charge in [-0.2, -0.15) is 0 Å². The number of hydrogen-bond acceptors (Lipinski definition) is 11. The van der Waals surface area contributed by atoms with Crippen molar-refractivity contribution in [2.45, 2.75) is 20.8 Å². The van der Waals surface area contributed by atoms with Crippen molar-refractivity contribution in [3.05, 3.63) is 44.1 Å². The van der Waals surface area contributed by atoms with Gasteiger partial charge in [0.1, 0.15) is 21.6 Å². The van der Waals surface area contributed by atoms with E-state index in [2.05, 4.69) is 9.05 Å². The highest BCUT2D eigenvalue weighted by atomic mass is 35.5. The number of benzene rings is 1. The zero-order chi connectivity index (χ0) is 27.4. The molecular weight excluding hydrogens is 569 g/mol. The number of rotatable bonds is 12. The molecule has 0 atom stereocenters. The summed E-state index contributed by atoms with van der Waals surface area (Å²) in [4.78, 5) is 23.4. The molecule has 1 amide bonds. The number of halogens is 2. The number of nitro groups is 1. The summed E-state index contributed by atoms with van der Waals surface area (Å²) in [6, 6.07) is 3.89. The number of amides is 1. The summed E-state index contributed by atoms with van der Waals surface area (Å²) in [6.07, 6.45) is 0. The largest absolute Gasteiger partial charge is 0.529 e. The molecule has 0 aromatic heterocycles. The number of nitro benzene ring substituents is 1. The predicted octanol–water partition coefficient (Wildman–Crippen LogP) is 5.89. The first kappa shape index (κ1) is 33.7. The molecular formula is C18H28Cl2N2O10P2S. The fourth-order valence-electron chi connectivity index (χ4n) is 2.13. The number of phosphoric ester groups is 1. The fourth-order valence-corrected chi connectivity index (χ4v) is 4.23. The zero-order valence-corrected chi connectivity index (χ0v) is 24.3. The van der Waals surface area contributed by atoms with E-state index < -0.39 is 25.4 Å². The molecule has 35 heavy (non-hydrogen) atoms. The van der Waals surface area contributed by atoms with E-state index in [1.165, 1.54) is 58.5 Å². The Bertz CT molecular complexity index is 991. The summed E-state index contributed by atoms with van der Waals surface area (Å²) in [5.41, 5.74) is -0.206. The molecule has 0 aliphatic heterocycles. The Labute approximate surface area is 219 Å². The molecule has 0 aliphatic carbocycles. The minimum absolute atomic E-state index is 0.000556. The lowest BCUT2D eigenvalue weighted by Crippen LogP contribution is -2.31. The first-order valence-corrected chi connectivity index (χ1v) is 14.5. The van der Waals surface area contributed by atoms with Crippen molar-refractivity contribution in [2.24, 2.45) is 0 Å². The van der Waals surface area contributed by atoms with Crippen LogP contribution in [-0.4, -0.2) is 57.3 Å². The van der Waals surface area contributed by atoms with Gasteiger partial charge in [-0.05, 0) is 26.8 Å². The van der Waals surface area contributed by atoms with Gasteiger partial charge >= 0.3 is 14.5 Å². The Kier molecular flexibility index (Phi) is 15.2. The third kappa shape index (κ3) is 10.7. The van der Waals surface area contributed by atoms with Crippen LogP contribution in [0.2, 0.25) is 5.02 Å². The lowest BCUT2D eigenvalue weighted by molar-refractivity contribution is -0.384. The lowest BCUT2D eigenvalue weighted by Gasteiger charge is -2.20. The van der Waals surface area contributed by atoms with Crippen molar-refractivity contribution < 1.29 is 41.4 Å². The minimum atomic E-state index is -3.69. The van der Waals surface area contributed by atoms with E-state index in [-0.39, 0.29) is 27.3 Å². The van der Waals surface area contributed by atoms with E-state index in [0.717, 1.165) is 0 Å². The van der Waals surface area contributed by atoms with Gasteiger partial charge < -0.3 is 23.0 Å². The average molecular weight is 597 g/mol. The fraction of sp³-hybridized carbons (Fsp3) is 0.500. The first-order chi connectivity index (χ1) is 16.3. The maximum Gasteiger partial charge on any atom is 0.529 e. The first-order valence-electron chi connectivity index (χ1n) is 9.68. The van der Waals surface area contributed by atoms with Gasteiger partial charge in [-0.1, -0.05) is 23.2 Å². The maximum atomic E-state index is 11.9. The van der Waals surface area contributed by atoms with Crippen LogP contribution in [0.1, 0.15) is 20.8 Å². The number of carbonyl (C=O) groups excluding carboxylic acids is 1. The zero-order valence-electron chi connectivity index (χ0n) is 20.2. The van der Waals surface area contributed by atoms with Crippen molar-refractivity contribution in [2.75, 3.05) is 41.5 Å². The summed E-state index contributed by atoms with van der Waals surface area (Å²) in [7, 11) is 1.38. The molecule has 17 heteroatoms. The molecule has 0 saturated heterocycles. The molecule has 0 bridgehead atoms. The number of hydrogen-bond donors (Lipinski definition) is 0. The molecule has 0 N–H and O–H groups in total. The van der Waals surface area contributed by atoms with Crippen LogP contribution in [0.25, 0.3) is 0 Å². The molecule has 0 radical (unpaired) electrons. The number of carbonyl (C=O) groups is 1. The van der Waals surface area contributed by atoms with Crippen molar-refractivity contribution >= 4 is 61.1 Å². The highest BCUT2D eigenvalue weighted by Gasteiger charge is 2.27. The van der Waals surface area contributed by atoms with Crippen molar-refractivity contribution in [1.29, 1.82) is 0 Å². The summed E-state index contributed by atoms with van der Waals surface area (Å²) >= 11 is 16.6. The summed E-state index contributed by atoms with van der Waals surface area (Å²) in [5, 5.41) is 10.4. The standard InChI is InChI=1S/C10H19ClNO5P.C8H9ClNO5PS/c1-6-12(7-2)10(13)9(11)8(3)17-18(14,15-4)16-5;1-13-16(17,14-2)15-6-3-4-8(10(11)12)7(9)5-6/h6-7H2,1-5H3;3-5H,1-2H3/b9-8-;. The van der Waals surface area contributed by atoms with Crippen LogP contribution in [0.15, 0.2) is 29.0 Å². The second kappa shape index (κ2) is 15.8. The van der Waals surface area contributed by atoms with Crippen LogP contribution in [0.5, 0.6) is 5.75 Å². The maximum absolute atomic E-state index is 11.9. The normalized spacial score (nSPS) is 12.1. The number of phosphoric acid groups is 1. The molecule has 1 rings (SSSR count). The Morgan fingerprint density at radius 1 is 1.11 bits per heavy atom. The molecule has 12 nitrogen and oxygen atoms in total. The summed E-state index contributed by atoms with van der Waals surface area (Å²) < 4.78 is 41.0. The summed E-state index contributed by atoms with van der Waals surface area (Å²) in [5.74, 6) is -0.133. The van der Waals surface area contributed by atoms with Gasteiger partial charge in [0.15, 0.2) is 0 Å². The SMILES string of the molecule is CCN(CC)C(=O)/C(Cl)=C(\C)OP(=O)(OC)OC.COP(=S)(OC)Oc1ccc([N+](=O)[O-])c(Cl)c1. The average Bonchev–Trinajstić information content (AvgIpc) is 2.84. The third-order valence-corrected chi connectivity index (χ3v) is 8.59. The van der Waals surface area contributed by atoms with Gasteiger partial charge in [-0.15, -0.1) is 0 Å². The van der Waals surface area contributed by atoms with Gasteiger partial charge in [0.2, 0.25) is 0 Å². The van der Waals surface area contributed by atoms with Crippen LogP contribution in [-0.2, 0) is 43.8 Å². The van der Waals surface area contributed by atoms with Gasteiger partial charge in [0, 0.05) is 65.5 Å². The molecule has 0 spiro atoms. The second-order valence-corrected chi connectivity index (χ2v) is 11.8. The van der Waals surface area contributed by atoms with E-state index >= 15 is 0 Å². The number of nitrogens with zero attached hydrogens (tertiary/aromatic N) is 2. The minimum Gasteiger partial charge on any atom is -0.424 e. The van der Waals surface area contributed by atoms with Gasteiger partial charge in [-0.3, -0.25) is 24.0 Å². The number of allylic oxidation sites excluding steroid dienone is 1. The monoisotopic (exact) mass is 596 g/mol. The molecule has 1 aromatic rings. The van der Waals surface area contributed by atoms with E-state index in [1.807, 2.05) is 13.8 Å². The van der Waals surface area contributed by atoms with E-state index in [0.29, 0.717) is 13.1 Å². The number of likely N-dealkylation sites (N-methyl/N-ethyl adjacent to an activating group) is 1. The molecule has 200 valence electrons. The van der Waals surface area contributed by atoms with Crippen LogP contribution in [0, 0.1) is 10.1 Å². The topological polar surface area (TPSA) is 136 Å². The van der Waals surface area contributed by atoms with Crippen molar-refractivity contribution in [1.82, 2.24) is 4.90 Å². The molecule has 0 aliphatic rings. The van der Waals surface area contributed by atoms with Crippen LogP contribution in [0.3, 0.4) is 0 Å². The van der Waals surface area contributed by atoms with Gasteiger partial charge in [0.25, 0.3) is 11.6 Å². The van der Waals surface area contributed by atoms with Crippen LogP contribution in [0.4, 0.5) is 5.69 Å². The molecule has 0 unspecified atom stereocenters. The Balaban J connectivity index is 0.000000661. The van der Waals surface area contributed by atoms with Gasteiger partial charge in [0.05, 0.1) is 4.92 Å². The molecule has 0 heterocycles. The Morgan fingerprint density at radius 3 is 2.00 bits per heavy atom. The highest BCUT2D eigenvalue weighted by molar-refractivity contribution is 8.07. The van der Waals surface area contributed by atoms with Crippen LogP contribution < -0.4 is 4.52 Å².